The summed E-state index contributed by atoms with van der Waals surface area (Å²) in [5.74, 6) is -0.238. The standard InChI is InChI=1S/C14H14N4O2/c19-14(20-6-5-11-9-16-18-17-11)7-10-8-15-13-4-2-1-3-12(10)13/h1-4,8-9,15H,5-7H2,(H,16,17,18). The summed E-state index contributed by atoms with van der Waals surface area (Å²) in [6.07, 6.45) is 4.30. The van der Waals surface area contributed by atoms with E-state index >= 15 is 0 Å². The minimum atomic E-state index is -0.238. The van der Waals surface area contributed by atoms with Crippen LogP contribution in [-0.2, 0) is 22.4 Å². The number of nitrogens with zero attached hydrogens (tertiary/aromatic N) is 2. The summed E-state index contributed by atoms with van der Waals surface area (Å²) < 4.78 is 5.20. The average molecular weight is 270 g/mol. The van der Waals surface area contributed by atoms with Gasteiger partial charge >= 0.3 is 5.97 Å². The fourth-order valence-corrected chi connectivity index (χ4v) is 2.10. The number of H-pyrrole nitrogens is 2. The second kappa shape index (κ2) is 5.56. The van der Waals surface area contributed by atoms with Gasteiger partial charge in [0.25, 0.3) is 0 Å². The molecular weight excluding hydrogens is 256 g/mol. The zero-order valence-corrected chi connectivity index (χ0v) is 10.8. The van der Waals surface area contributed by atoms with Crippen molar-refractivity contribution in [1.82, 2.24) is 20.4 Å². The number of carbonyl (C=O) groups is 1. The van der Waals surface area contributed by atoms with Gasteiger partial charge in [-0.2, -0.15) is 15.4 Å². The number of hydrogen-bond donors (Lipinski definition) is 2. The lowest BCUT2D eigenvalue weighted by Crippen LogP contribution is -2.10. The first-order chi connectivity index (χ1) is 9.83. The molecule has 0 atom stereocenters. The van der Waals surface area contributed by atoms with Crippen LogP contribution in [0.3, 0.4) is 0 Å². The van der Waals surface area contributed by atoms with Crippen molar-refractivity contribution in [3.05, 3.63) is 47.9 Å². The lowest BCUT2D eigenvalue weighted by atomic mass is 10.1. The fourth-order valence-electron chi connectivity index (χ4n) is 2.10. The van der Waals surface area contributed by atoms with Crippen LogP contribution in [0.4, 0.5) is 0 Å². The number of para-hydroxylation sites is 1. The average Bonchev–Trinajstić information content (AvgIpc) is 3.09. The van der Waals surface area contributed by atoms with Crippen LogP contribution in [-0.4, -0.2) is 33.0 Å². The number of carbonyl (C=O) groups excluding carboxylic acids is 1. The Balaban J connectivity index is 1.56. The number of benzene rings is 1. The van der Waals surface area contributed by atoms with E-state index in [0.29, 0.717) is 13.0 Å². The van der Waals surface area contributed by atoms with Crippen molar-refractivity contribution < 1.29 is 9.53 Å². The van der Waals surface area contributed by atoms with E-state index in [-0.39, 0.29) is 12.4 Å². The lowest BCUT2D eigenvalue weighted by molar-refractivity contribution is -0.142. The number of esters is 1. The smallest absolute Gasteiger partial charge is 0.310 e. The van der Waals surface area contributed by atoms with E-state index < -0.39 is 0 Å². The van der Waals surface area contributed by atoms with Gasteiger partial charge in [0.2, 0.25) is 0 Å². The Morgan fingerprint density at radius 3 is 3.05 bits per heavy atom. The van der Waals surface area contributed by atoms with Crippen LogP contribution in [0, 0.1) is 0 Å². The molecule has 20 heavy (non-hydrogen) atoms. The van der Waals surface area contributed by atoms with Crippen molar-refractivity contribution in [3.8, 4) is 0 Å². The van der Waals surface area contributed by atoms with Crippen molar-refractivity contribution in [2.24, 2.45) is 0 Å². The van der Waals surface area contributed by atoms with Gasteiger partial charge in [0.1, 0.15) is 0 Å². The van der Waals surface area contributed by atoms with Gasteiger partial charge in [-0.25, -0.2) is 0 Å². The molecule has 3 aromatic rings. The largest absolute Gasteiger partial charge is 0.465 e. The highest BCUT2D eigenvalue weighted by Gasteiger charge is 2.09. The molecule has 0 bridgehead atoms. The molecule has 1 aromatic carbocycles. The molecule has 102 valence electrons. The van der Waals surface area contributed by atoms with Crippen LogP contribution < -0.4 is 0 Å². The Morgan fingerprint density at radius 1 is 1.30 bits per heavy atom. The molecule has 6 nitrogen and oxygen atoms in total. The molecule has 0 saturated carbocycles. The monoisotopic (exact) mass is 270 g/mol. The van der Waals surface area contributed by atoms with Crippen LogP contribution >= 0.6 is 0 Å². The first kappa shape index (κ1) is 12.4. The molecular formula is C14H14N4O2. The number of nitrogens with one attached hydrogen (secondary N) is 2. The Labute approximate surface area is 115 Å². The number of hydrogen-bond acceptors (Lipinski definition) is 4. The Morgan fingerprint density at radius 2 is 2.20 bits per heavy atom. The maximum atomic E-state index is 11.8. The SMILES string of the molecule is O=C(Cc1c[nH]c2ccccc12)OCCc1cn[nH]n1. The highest BCUT2D eigenvalue weighted by molar-refractivity contribution is 5.87. The van der Waals surface area contributed by atoms with E-state index in [1.54, 1.807) is 6.20 Å². The third-order valence-corrected chi connectivity index (χ3v) is 3.10. The second-order valence-electron chi connectivity index (χ2n) is 4.47. The number of fused-ring (bicyclic) bond motifs is 1. The Bertz CT molecular complexity index is 703. The van der Waals surface area contributed by atoms with Crippen molar-refractivity contribution in [2.75, 3.05) is 6.61 Å². The fraction of sp³-hybridized carbons (Fsp3) is 0.214. The van der Waals surface area contributed by atoms with Gasteiger partial charge in [0.15, 0.2) is 0 Å². The van der Waals surface area contributed by atoms with Crippen LogP contribution in [0.5, 0.6) is 0 Å². The molecule has 3 rings (SSSR count). The number of ether oxygens (including phenoxy) is 1. The van der Waals surface area contributed by atoms with Crippen molar-refractivity contribution >= 4 is 16.9 Å². The van der Waals surface area contributed by atoms with E-state index in [1.165, 1.54) is 0 Å². The van der Waals surface area contributed by atoms with Gasteiger partial charge in [0, 0.05) is 23.5 Å². The van der Waals surface area contributed by atoms with E-state index in [9.17, 15) is 4.79 Å². The van der Waals surface area contributed by atoms with Gasteiger partial charge in [-0.1, -0.05) is 18.2 Å². The predicted octanol–water partition coefficient (Wildman–Crippen LogP) is 1.61. The van der Waals surface area contributed by atoms with Crippen molar-refractivity contribution in [2.45, 2.75) is 12.8 Å². The zero-order chi connectivity index (χ0) is 13.8. The molecule has 0 fully saturated rings. The third kappa shape index (κ3) is 2.69. The first-order valence-corrected chi connectivity index (χ1v) is 6.38. The summed E-state index contributed by atoms with van der Waals surface area (Å²) in [4.78, 5) is 14.9. The molecule has 2 N–H and O–H groups in total. The molecule has 0 aliphatic rings. The van der Waals surface area contributed by atoms with Gasteiger partial charge in [-0.15, -0.1) is 0 Å². The summed E-state index contributed by atoms with van der Waals surface area (Å²) >= 11 is 0. The highest BCUT2D eigenvalue weighted by Crippen LogP contribution is 2.18. The molecule has 0 aliphatic carbocycles. The van der Waals surface area contributed by atoms with Crippen molar-refractivity contribution in [3.63, 3.8) is 0 Å². The Kier molecular flexibility index (Phi) is 3.45. The molecule has 6 heteroatoms. The number of rotatable bonds is 5. The van der Waals surface area contributed by atoms with Gasteiger partial charge in [0.05, 0.1) is 24.9 Å². The summed E-state index contributed by atoms with van der Waals surface area (Å²) in [6.45, 7) is 0.313. The second-order valence-corrected chi connectivity index (χ2v) is 4.47. The topological polar surface area (TPSA) is 83.7 Å². The summed E-state index contributed by atoms with van der Waals surface area (Å²) in [6, 6.07) is 7.88. The summed E-state index contributed by atoms with van der Waals surface area (Å²) in [7, 11) is 0. The molecule has 0 aliphatic heterocycles. The van der Waals surface area contributed by atoms with E-state index in [1.807, 2.05) is 30.5 Å². The molecule has 0 spiro atoms. The molecule has 2 aromatic heterocycles. The zero-order valence-electron chi connectivity index (χ0n) is 10.8. The van der Waals surface area contributed by atoms with Gasteiger partial charge in [-0.05, 0) is 11.6 Å². The highest BCUT2D eigenvalue weighted by atomic mass is 16.5. The molecule has 0 radical (unpaired) electrons. The molecule has 0 unspecified atom stereocenters. The molecule has 0 amide bonds. The van der Waals surface area contributed by atoms with Crippen molar-refractivity contribution in [1.29, 1.82) is 0 Å². The predicted molar refractivity (Wildman–Crippen MR) is 73.0 cm³/mol. The summed E-state index contributed by atoms with van der Waals surface area (Å²) in [5.41, 5.74) is 2.76. The van der Waals surface area contributed by atoms with E-state index in [2.05, 4.69) is 20.4 Å². The molecule has 2 heterocycles. The quantitative estimate of drug-likeness (QED) is 0.690. The third-order valence-electron chi connectivity index (χ3n) is 3.10. The van der Waals surface area contributed by atoms with Gasteiger partial charge < -0.3 is 9.72 Å². The summed E-state index contributed by atoms with van der Waals surface area (Å²) in [5, 5.41) is 11.2. The first-order valence-electron chi connectivity index (χ1n) is 6.38. The van der Waals surface area contributed by atoms with Crippen LogP contribution in [0.15, 0.2) is 36.7 Å². The molecule has 0 saturated heterocycles. The Hall–Kier alpha value is -2.63. The van der Waals surface area contributed by atoms with Crippen LogP contribution in [0.1, 0.15) is 11.3 Å². The number of aromatic amines is 2. The maximum Gasteiger partial charge on any atom is 0.310 e. The minimum Gasteiger partial charge on any atom is -0.465 e. The lowest BCUT2D eigenvalue weighted by Gasteiger charge is -2.02. The van der Waals surface area contributed by atoms with Gasteiger partial charge in [-0.3, -0.25) is 4.79 Å². The number of aromatic nitrogens is 4. The normalized spacial score (nSPS) is 10.8. The van der Waals surface area contributed by atoms with E-state index in [4.69, 9.17) is 4.74 Å². The van der Waals surface area contributed by atoms with Crippen LogP contribution in [0.25, 0.3) is 10.9 Å². The van der Waals surface area contributed by atoms with E-state index in [0.717, 1.165) is 22.2 Å². The minimum absolute atomic E-state index is 0.238. The maximum absolute atomic E-state index is 11.8. The van der Waals surface area contributed by atoms with Crippen LogP contribution in [0.2, 0.25) is 0 Å².